The molecule has 0 bridgehead atoms. The van der Waals surface area contributed by atoms with E-state index in [4.69, 9.17) is 4.74 Å². The number of fused-ring (bicyclic) bond motifs is 1. The van der Waals surface area contributed by atoms with Gasteiger partial charge in [0.05, 0.1) is 29.1 Å². The van der Waals surface area contributed by atoms with Gasteiger partial charge >= 0.3 is 5.97 Å². The first-order valence-electron chi connectivity index (χ1n) is 15.2. The molecule has 42 heavy (non-hydrogen) atoms. The predicted molar refractivity (Wildman–Crippen MR) is 159 cm³/mol. The number of carboxylic acids is 1. The van der Waals surface area contributed by atoms with Crippen molar-refractivity contribution in [3.05, 3.63) is 81.9 Å². The summed E-state index contributed by atoms with van der Waals surface area (Å²) in [6.45, 7) is 7.60. The molecule has 1 saturated carbocycles. The lowest BCUT2D eigenvalue weighted by molar-refractivity contribution is 0.0543. The Kier molecular flexibility index (Phi) is 7.99. The second-order valence-corrected chi connectivity index (χ2v) is 11.7. The van der Waals surface area contributed by atoms with Crippen molar-refractivity contribution < 1.29 is 23.8 Å². The number of pyridine rings is 1. The number of hydrogen-bond donors (Lipinski definition) is 1. The van der Waals surface area contributed by atoms with E-state index < -0.39 is 5.97 Å². The van der Waals surface area contributed by atoms with E-state index >= 15 is 0 Å². The molecule has 1 N–H and O–H groups in total. The molecule has 1 aromatic heterocycles. The van der Waals surface area contributed by atoms with Gasteiger partial charge in [0.1, 0.15) is 11.6 Å². The van der Waals surface area contributed by atoms with Gasteiger partial charge in [0, 0.05) is 44.2 Å². The van der Waals surface area contributed by atoms with Crippen molar-refractivity contribution >= 4 is 11.9 Å². The van der Waals surface area contributed by atoms with Crippen LogP contribution in [0.2, 0.25) is 0 Å². The van der Waals surface area contributed by atoms with E-state index in [-0.39, 0.29) is 23.3 Å². The summed E-state index contributed by atoms with van der Waals surface area (Å²) in [4.78, 5) is 34.2. The monoisotopic (exact) mass is 571 g/mol. The highest BCUT2D eigenvalue weighted by molar-refractivity contribution is 5.99. The number of carbonyl (C=O) groups is 2. The molecule has 7 nitrogen and oxygen atoms in total. The summed E-state index contributed by atoms with van der Waals surface area (Å²) in [5, 5.41) is 9.64. The summed E-state index contributed by atoms with van der Waals surface area (Å²) >= 11 is 0. The van der Waals surface area contributed by atoms with E-state index in [1.807, 2.05) is 30.9 Å². The molecule has 0 atom stereocenters. The van der Waals surface area contributed by atoms with Crippen molar-refractivity contribution in [1.29, 1.82) is 0 Å². The third-order valence-electron chi connectivity index (χ3n) is 8.87. The van der Waals surface area contributed by atoms with E-state index in [9.17, 15) is 19.1 Å². The SMILES string of the molecule is CCOc1cc(CN2CCC(N3CCc4nc(CC)c(C(=O)O)cc4C3=O)CC2)cc(C2CC2)c1-c1ccc(F)cc1. The number of carbonyl (C=O) groups excluding carboxylic acids is 1. The fourth-order valence-corrected chi connectivity index (χ4v) is 6.60. The van der Waals surface area contributed by atoms with Gasteiger partial charge in [-0.25, -0.2) is 9.18 Å². The molecule has 2 fully saturated rings. The van der Waals surface area contributed by atoms with Gasteiger partial charge in [0.25, 0.3) is 5.91 Å². The fraction of sp³-hybridized carbons (Fsp3) is 0.441. The van der Waals surface area contributed by atoms with Crippen LogP contribution < -0.4 is 4.74 Å². The minimum atomic E-state index is -1.04. The van der Waals surface area contributed by atoms with Crippen LogP contribution in [0.5, 0.6) is 5.75 Å². The fourth-order valence-electron chi connectivity index (χ4n) is 6.60. The van der Waals surface area contributed by atoms with E-state index in [0.29, 0.717) is 43.2 Å². The molecule has 3 heterocycles. The van der Waals surface area contributed by atoms with Gasteiger partial charge in [-0.15, -0.1) is 0 Å². The van der Waals surface area contributed by atoms with Gasteiger partial charge in [-0.1, -0.05) is 25.1 Å². The zero-order valence-corrected chi connectivity index (χ0v) is 24.4. The lowest BCUT2D eigenvalue weighted by Gasteiger charge is -2.40. The van der Waals surface area contributed by atoms with Crippen LogP contribution in [0, 0.1) is 5.82 Å². The van der Waals surface area contributed by atoms with E-state index in [0.717, 1.165) is 67.9 Å². The molecule has 2 aliphatic heterocycles. The van der Waals surface area contributed by atoms with Crippen LogP contribution in [-0.4, -0.2) is 64.0 Å². The molecular weight excluding hydrogens is 533 g/mol. The molecule has 1 amide bonds. The summed E-state index contributed by atoms with van der Waals surface area (Å²) in [6, 6.07) is 12.8. The second kappa shape index (κ2) is 11.8. The number of benzene rings is 2. The first-order valence-corrected chi connectivity index (χ1v) is 15.2. The van der Waals surface area contributed by atoms with Crippen LogP contribution in [0.1, 0.15) is 88.7 Å². The number of carboxylic acid groups (broad SMARTS) is 1. The molecule has 0 unspecified atom stereocenters. The molecule has 6 rings (SSSR count). The Labute approximate surface area is 246 Å². The number of aromatic nitrogens is 1. The molecule has 2 aromatic carbocycles. The minimum Gasteiger partial charge on any atom is -0.493 e. The number of rotatable bonds is 9. The molecule has 0 spiro atoms. The van der Waals surface area contributed by atoms with Crippen molar-refractivity contribution in [2.75, 3.05) is 26.2 Å². The Bertz CT molecular complexity index is 1490. The summed E-state index contributed by atoms with van der Waals surface area (Å²) in [7, 11) is 0. The van der Waals surface area contributed by atoms with Gasteiger partial charge in [-0.05, 0) is 85.9 Å². The van der Waals surface area contributed by atoms with E-state index in [2.05, 4.69) is 22.0 Å². The van der Waals surface area contributed by atoms with Gasteiger partial charge in [-0.3, -0.25) is 14.7 Å². The molecule has 0 radical (unpaired) electrons. The van der Waals surface area contributed by atoms with E-state index in [1.165, 1.54) is 29.3 Å². The molecule has 3 aliphatic rings. The van der Waals surface area contributed by atoms with Gasteiger partial charge < -0.3 is 14.7 Å². The van der Waals surface area contributed by atoms with Crippen molar-refractivity contribution in [2.45, 2.75) is 70.9 Å². The molecule has 220 valence electrons. The highest BCUT2D eigenvalue weighted by Gasteiger charge is 2.34. The Morgan fingerprint density at radius 3 is 2.43 bits per heavy atom. The number of aromatic carboxylic acids is 1. The van der Waals surface area contributed by atoms with Gasteiger partial charge in [-0.2, -0.15) is 0 Å². The van der Waals surface area contributed by atoms with Crippen molar-refractivity contribution in [2.24, 2.45) is 0 Å². The number of aryl methyl sites for hydroxylation is 1. The first kappa shape index (κ1) is 28.3. The molecule has 3 aromatic rings. The zero-order valence-electron chi connectivity index (χ0n) is 24.4. The number of nitrogens with zero attached hydrogens (tertiary/aromatic N) is 3. The lowest BCUT2D eigenvalue weighted by atomic mass is 9.92. The van der Waals surface area contributed by atoms with Crippen LogP contribution in [0.3, 0.4) is 0 Å². The number of halogens is 1. The topological polar surface area (TPSA) is 83.0 Å². The average molecular weight is 572 g/mol. The van der Waals surface area contributed by atoms with Crippen molar-refractivity contribution in [3.8, 4) is 16.9 Å². The number of likely N-dealkylation sites (tertiary alicyclic amines) is 1. The quantitative estimate of drug-likeness (QED) is 0.335. The summed E-state index contributed by atoms with van der Waals surface area (Å²) in [6.07, 6.45) is 5.23. The van der Waals surface area contributed by atoms with Crippen LogP contribution >= 0.6 is 0 Å². The standard InChI is InChI=1S/C34H38FN3O4/c1-3-29-28(34(40)41)19-27-30(36-29)13-16-38(33(27)39)25-11-14-37(15-12-25)20-21-17-26(22-5-6-22)32(31(18-21)42-4-2)23-7-9-24(35)10-8-23/h7-10,17-19,22,25H,3-6,11-16,20H2,1-2H3,(H,40,41). The highest BCUT2D eigenvalue weighted by Crippen LogP contribution is 2.48. The van der Waals surface area contributed by atoms with Crippen LogP contribution in [0.15, 0.2) is 42.5 Å². The van der Waals surface area contributed by atoms with E-state index in [1.54, 1.807) is 0 Å². The summed E-state index contributed by atoms with van der Waals surface area (Å²) < 4.78 is 19.8. The minimum absolute atomic E-state index is 0.0980. The Hall–Kier alpha value is -3.78. The number of hydrogen-bond acceptors (Lipinski definition) is 5. The first-order chi connectivity index (χ1) is 20.4. The Morgan fingerprint density at radius 2 is 1.79 bits per heavy atom. The zero-order chi connectivity index (χ0) is 29.4. The van der Waals surface area contributed by atoms with Crippen LogP contribution in [0.4, 0.5) is 4.39 Å². The summed E-state index contributed by atoms with van der Waals surface area (Å²) in [5.74, 6) is -0.0147. The maximum absolute atomic E-state index is 13.7. The molecule has 1 aliphatic carbocycles. The van der Waals surface area contributed by atoms with Gasteiger partial charge in [0.15, 0.2) is 0 Å². The maximum atomic E-state index is 13.7. The van der Waals surface area contributed by atoms with Gasteiger partial charge in [0.2, 0.25) is 0 Å². The maximum Gasteiger partial charge on any atom is 0.337 e. The summed E-state index contributed by atoms with van der Waals surface area (Å²) in [5.41, 5.74) is 6.40. The lowest BCUT2D eigenvalue weighted by Crippen LogP contribution is -2.50. The Balaban J connectivity index is 1.16. The normalized spacial score (nSPS) is 17.8. The third kappa shape index (κ3) is 5.64. The number of ether oxygens (including phenoxy) is 1. The molecule has 1 saturated heterocycles. The molecular formula is C34H38FN3O4. The second-order valence-electron chi connectivity index (χ2n) is 11.7. The smallest absolute Gasteiger partial charge is 0.337 e. The predicted octanol–water partition coefficient (Wildman–Crippen LogP) is 6.09. The largest absolute Gasteiger partial charge is 0.493 e. The number of piperidine rings is 1. The molecule has 8 heteroatoms. The van der Waals surface area contributed by atoms with Crippen LogP contribution in [0.25, 0.3) is 11.1 Å². The van der Waals surface area contributed by atoms with Crippen molar-refractivity contribution in [1.82, 2.24) is 14.8 Å². The van der Waals surface area contributed by atoms with Crippen LogP contribution in [-0.2, 0) is 19.4 Å². The third-order valence-corrected chi connectivity index (χ3v) is 8.87. The Morgan fingerprint density at radius 1 is 1.05 bits per heavy atom. The number of amides is 1. The average Bonchev–Trinajstić information content (AvgIpc) is 3.84. The highest BCUT2D eigenvalue weighted by atomic mass is 19.1. The van der Waals surface area contributed by atoms with Crippen molar-refractivity contribution in [3.63, 3.8) is 0 Å².